The standard InChI is InChI=1S/C35H45FN4O5/c1-4-6-8-19-37-35(42)38-26-10-12-27(13-11-26)44-29-14-15-31(30(36)24-29)39-34(41)25-9-16-32(33(23-25)43-3)45-28-17-21-40(22-18-28)20-7-5-2/h9-16,23-24,28H,4-8,17-22H2,1-3H3,(H,39,41)(H2,37,38,42). The van der Waals surface area contributed by atoms with Crippen molar-refractivity contribution in [2.24, 2.45) is 0 Å². The second-order valence-corrected chi connectivity index (χ2v) is 11.2. The van der Waals surface area contributed by atoms with E-state index < -0.39 is 11.7 Å². The van der Waals surface area contributed by atoms with Gasteiger partial charge in [-0.05, 0) is 86.8 Å². The highest BCUT2D eigenvalue weighted by atomic mass is 19.1. The van der Waals surface area contributed by atoms with Crippen LogP contribution in [-0.4, -0.2) is 56.2 Å². The molecule has 0 atom stereocenters. The topological polar surface area (TPSA) is 101 Å². The Hall–Kier alpha value is -4.31. The Morgan fingerprint density at radius 2 is 1.60 bits per heavy atom. The highest BCUT2D eigenvalue weighted by molar-refractivity contribution is 6.04. The van der Waals surface area contributed by atoms with Gasteiger partial charge in [0.15, 0.2) is 11.5 Å². The monoisotopic (exact) mass is 620 g/mol. The molecule has 3 aromatic rings. The molecule has 3 amide bonds. The van der Waals surface area contributed by atoms with E-state index in [0.717, 1.165) is 51.7 Å². The quantitative estimate of drug-likeness (QED) is 0.150. The molecular weight excluding hydrogens is 575 g/mol. The van der Waals surface area contributed by atoms with Crippen molar-refractivity contribution in [1.82, 2.24) is 10.2 Å². The Bertz CT molecular complexity index is 1390. The number of carbonyl (C=O) groups is 2. The maximum absolute atomic E-state index is 15.0. The SMILES string of the molecule is CCCCCNC(=O)Nc1ccc(Oc2ccc(NC(=O)c3ccc(OC4CCN(CCCC)CC4)c(OC)c3)c(F)c2)cc1. The summed E-state index contributed by atoms with van der Waals surface area (Å²) in [4.78, 5) is 27.5. The molecule has 242 valence electrons. The zero-order valence-corrected chi connectivity index (χ0v) is 26.5. The van der Waals surface area contributed by atoms with Gasteiger partial charge in [0.2, 0.25) is 0 Å². The molecule has 1 saturated heterocycles. The molecule has 1 heterocycles. The van der Waals surface area contributed by atoms with Gasteiger partial charge in [-0.25, -0.2) is 9.18 Å². The van der Waals surface area contributed by atoms with Crippen LogP contribution in [0.4, 0.5) is 20.6 Å². The van der Waals surface area contributed by atoms with E-state index in [1.807, 2.05) is 0 Å². The number of unbranched alkanes of at least 4 members (excludes halogenated alkanes) is 3. The number of nitrogens with zero attached hydrogens (tertiary/aromatic N) is 1. The molecular formula is C35H45FN4O5. The third-order valence-electron chi connectivity index (χ3n) is 7.68. The number of anilines is 2. The first-order chi connectivity index (χ1) is 21.9. The number of likely N-dealkylation sites (tertiary alicyclic amines) is 1. The first kappa shape index (κ1) is 33.6. The number of piperidine rings is 1. The molecule has 3 aromatic carbocycles. The largest absolute Gasteiger partial charge is 0.493 e. The Kier molecular flexibility index (Phi) is 12.9. The predicted octanol–water partition coefficient (Wildman–Crippen LogP) is 7.83. The number of ether oxygens (including phenoxy) is 3. The third kappa shape index (κ3) is 10.4. The Balaban J connectivity index is 1.29. The summed E-state index contributed by atoms with van der Waals surface area (Å²) in [6, 6.07) is 15.7. The van der Waals surface area contributed by atoms with Crippen LogP contribution in [0.2, 0.25) is 0 Å². The summed E-state index contributed by atoms with van der Waals surface area (Å²) in [6.45, 7) is 8.07. The normalized spacial score (nSPS) is 13.6. The van der Waals surface area contributed by atoms with Crippen LogP contribution < -0.4 is 30.2 Å². The second-order valence-electron chi connectivity index (χ2n) is 11.2. The molecule has 4 rings (SSSR count). The van der Waals surface area contributed by atoms with Crippen LogP contribution in [0.3, 0.4) is 0 Å². The highest BCUT2D eigenvalue weighted by Crippen LogP contribution is 2.32. The average molecular weight is 621 g/mol. The molecule has 0 bridgehead atoms. The number of hydrogen-bond donors (Lipinski definition) is 3. The second kappa shape index (κ2) is 17.2. The fraction of sp³-hybridized carbons (Fsp3) is 0.429. The number of urea groups is 1. The maximum atomic E-state index is 15.0. The fourth-order valence-corrected chi connectivity index (χ4v) is 5.07. The smallest absolute Gasteiger partial charge is 0.319 e. The number of rotatable bonds is 15. The van der Waals surface area contributed by atoms with Crippen molar-refractivity contribution in [2.75, 3.05) is 43.9 Å². The number of halogens is 1. The van der Waals surface area contributed by atoms with E-state index in [-0.39, 0.29) is 23.6 Å². The molecule has 0 saturated carbocycles. The summed E-state index contributed by atoms with van der Waals surface area (Å²) in [6.07, 6.45) is 7.46. The van der Waals surface area contributed by atoms with Gasteiger partial charge in [-0.2, -0.15) is 0 Å². The lowest BCUT2D eigenvalue weighted by atomic mass is 10.1. The average Bonchev–Trinajstić information content (AvgIpc) is 3.05. The molecule has 45 heavy (non-hydrogen) atoms. The van der Waals surface area contributed by atoms with Gasteiger partial charge >= 0.3 is 6.03 Å². The van der Waals surface area contributed by atoms with Crippen LogP contribution in [0.1, 0.15) is 69.2 Å². The van der Waals surface area contributed by atoms with Crippen molar-refractivity contribution in [3.63, 3.8) is 0 Å². The zero-order chi connectivity index (χ0) is 32.0. The van der Waals surface area contributed by atoms with Gasteiger partial charge < -0.3 is 35.1 Å². The van der Waals surface area contributed by atoms with Gasteiger partial charge in [0, 0.05) is 37.0 Å². The van der Waals surface area contributed by atoms with Gasteiger partial charge in [-0.1, -0.05) is 33.1 Å². The lowest BCUT2D eigenvalue weighted by Gasteiger charge is -2.32. The molecule has 1 aliphatic rings. The fourth-order valence-electron chi connectivity index (χ4n) is 5.07. The van der Waals surface area contributed by atoms with E-state index in [0.29, 0.717) is 35.0 Å². The minimum absolute atomic E-state index is 0.0194. The molecule has 0 spiro atoms. The van der Waals surface area contributed by atoms with Crippen LogP contribution >= 0.6 is 0 Å². The van der Waals surface area contributed by atoms with Crippen LogP contribution in [0, 0.1) is 5.82 Å². The lowest BCUT2D eigenvalue weighted by molar-refractivity contribution is 0.0971. The first-order valence-corrected chi connectivity index (χ1v) is 15.9. The van der Waals surface area contributed by atoms with E-state index in [9.17, 15) is 14.0 Å². The van der Waals surface area contributed by atoms with Crippen LogP contribution in [0.15, 0.2) is 60.7 Å². The molecule has 1 aliphatic heterocycles. The molecule has 0 aromatic heterocycles. The number of methoxy groups -OCH3 is 1. The minimum Gasteiger partial charge on any atom is -0.493 e. The number of amides is 3. The zero-order valence-electron chi connectivity index (χ0n) is 26.5. The van der Waals surface area contributed by atoms with Gasteiger partial charge in [-0.3, -0.25) is 4.79 Å². The Morgan fingerprint density at radius 3 is 2.29 bits per heavy atom. The van der Waals surface area contributed by atoms with Crippen molar-refractivity contribution >= 4 is 23.3 Å². The molecule has 1 fully saturated rings. The number of hydrogen-bond acceptors (Lipinski definition) is 6. The molecule has 0 aliphatic carbocycles. The van der Waals surface area contributed by atoms with E-state index in [2.05, 4.69) is 34.7 Å². The van der Waals surface area contributed by atoms with Crippen LogP contribution in [-0.2, 0) is 0 Å². The molecule has 0 radical (unpaired) electrons. The lowest BCUT2D eigenvalue weighted by Crippen LogP contribution is -2.38. The van der Waals surface area contributed by atoms with Crippen molar-refractivity contribution < 1.29 is 28.2 Å². The summed E-state index contributed by atoms with van der Waals surface area (Å²) in [5.74, 6) is 0.651. The van der Waals surface area contributed by atoms with Crippen LogP contribution in [0.5, 0.6) is 23.0 Å². The van der Waals surface area contributed by atoms with E-state index in [1.165, 1.54) is 32.1 Å². The van der Waals surface area contributed by atoms with E-state index >= 15 is 0 Å². The van der Waals surface area contributed by atoms with Gasteiger partial charge in [0.25, 0.3) is 5.91 Å². The Morgan fingerprint density at radius 1 is 0.867 bits per heavy atom. The van der Waals surface area contributed by atoms with Gasteiger partial charge in [0.1, 0.15) is 23.4 Å². The van der Waals surface area contributed by atoms with Crippen molar-refractivity contribution in [3.8, 4) is 23.0 Å². The molecule has 0 unspecified atom stereocenters. The summed E-state index contributed by atoms with van der Waals surface area (Å²) in [5, 5.41) is 8.21. The van der Waals surface area contributed by atoms with Crippen molar-refractivity contribution in [1.29, 1.82) is 0 Å². The summed E-state index contributed by atoms with van der Waals surface area (Å²) < 4.78 is 32.5. The summed E-state index contributed by atoms with van der Waals surface area (Å²) >= 11 is 0. The molecule has 10 heteroatoms. The van der Waals surface area contributed by atoms with Crippen LogP contribution in [0.25, 0.3) is 0 Å². The predicted molar refractivity (Wildman–Crippen MR) is 175 cm³/mol. The molecule has 9 nitrogen and oxygen atoms in total. The van der Waals surface area contributed by atoms with Crippen molar-refractivity contribution in [2.45, 2.75) is 64.9 Å². The highest BCUT2D eigenvalue weighted by Gasteiger charge is 2.22. The van der Waals surface area contributed by atoms with Crippen molar-refractivity contribution in [3.05, 3.63) is 72.0 Å². The first-order valence-electron chi connectivity index (χ1n) is 15.9. The summed E-state index contributed by atoms with van der Waals surface area (Å²) in [5.41, 5.74) is 0.946. The Labute approximate surface area is 265 Å². The number of carbonyl (C=O) groups excluding carboxylic acids is 2. The molecule has 3 N–H and O–H groups in total. The minimum atomic E-state index is -0.643. The van der Waals surface area contributed by atoms with Gasteiger partial charge in [-0.15, -0.1) is 0 Å². The van der Waals surface area contributed by atoms with Gasteiger partial charge in [0.05, 0.1) is 12.8 Å². The number of nitrogens with one attached hydrogen (secondary N) is 3. The van der Waals surface area contributed by atoms with E-state index in [4.69, 9.17) is 14.2 Å². The number of benzene rings is 3. The maximum Gasteiger partial charge on any atom is 0.319 e. The summed E-state index contributed by atoms with van der Waals surface area (Å²) in [7, 11) is 1.53. The van der Waals surface area contributed by atoms with E-state index in [1.54, 1.807) is 48.5 Å². The third-order valence-corrected chi connectivity index (χ3v) is 7.68.